The molecule has 0 aliphatic heterocycles. The molecule has 0 unspecified atom stereocenters. The Labute approximate surface area is 244 Å². The Bertz CT molecular complexity index is 1450. The van der Waals surface area contributed by atoms with Crippen molar-refractivity contribution in [3.63, 3.8) is 0 Å². The SMILES string of the molecule is C1=CC[C]([Ti+2](=[C]2CCCC2)[CH]2c3ccc(-c4ccccc4)cc3-c3cc(-c4ccccc4)ccc32)=C1.[Cl-].[Cl-]. The first-order valence-corrected chi connectivity index (χ1v) is 15.8. The van der Waals surface area contributed by atoms with Gasteiger partial charge in [-0.15, -0.1) is 0 Å². The zero-order chi connectivity index (χ0) is 23.9. The summed E-state index contributed by atoms with van der Waals surface area (Å²) in [5, 5.41) is 0. The molecule has 0 nitrogen and oxygen atoms in total. The van der Waals surface area contributed by atoms with Gasteiger partial charge in [0.25, 0.3) is 0 Å². The Balaban J connectivity index is 0.00000147. The van der Waals surface area contributed by atoms with Gasteiger partial charge >= 0.3 is 221 Å². The standard InChI is InChI=1S/C25H17.C5H8.C5H5.2ClH.Ti/c1-3-7-18(8-4-1)20-11-13-22-15-23-14-12-21(17-25(23)24(22)16-20)19-9-5-2-6-10-19;2*1-2-4-5-3-1;;;/h1-17H;1-4H2;1-3H,4H2;2*1H;/q;;;;;+2/p-2. The van der Waals surface area contributed by atoms with Crippen molar-refractivity contribution in [3.8, 4) is 33.4 Å². The normalized spacial score (nSPS) is 15.1. The number of rotatable bonds is 4. The van der Waals surface area contributed by atoms with Crippen molar-refractivity contribution in [3.05, 3.63) is 130 Å². The van der Waals surface area contributed by atoms with Crippen molar-refractivity contribution in [1.82, 2.24) is 0 Å². The van der Waals surface area contributed by atoms with Crippen LogP contribution < -0.4 is 24.8 Å². The minimum atomic E-state index is -1.70. The summed E-state index contributed by atoms with van der Waals surface area (Å²) in [7, 11) is 0. The molecule has 0 spiro atoms. The van der Waals surface area contributed by atoms with Gasteiger partial charge in [-0.1, -0.05) is 0 Å². The molecule has 0 bridgehead atoms. The van der Waals surface area contributed by atoms with Gasteiger partial charge in [0, 0.05) is 0 Å². The number of allylic oxidation sites excluding steroid dienone is 4. The zero-order valence-electron chi connectivity index (χ0n) is 21.3. The molecule has 38 heavy (non-hydrogen) atoms. The van der Waals surface area contributed by atoms with E-state index in [2.05, 4.69) is 115 Å². The summed E-state index contributed by atoms with van der Waals surface area (Å²) in [4.78, 5) is 0. The Morgan fingerprint density at radius 2 is 1.11 bits per heavy atom. The molecule has 0 N–H and O–H groups in total. The molecular formula is C35H30Cl2Ti. The average Bonchev–Trinajstić information content (AvgIpc) is 3.72. The summed E-state index contributed by atoms with van der Waals surface area (Å²) in [5.41, 5.74) is 11.3. The van der Waals surface area contributed by atoms with Crippen LogP contribution in [0.2, 0.25) is 0 Å². The van der Waals surface area contributed by atoms with Gasteiger partial charge in [0.05, 0.1) is 0 Å². The number of halogens is 2. The first-order valence-electron chi connectivity index (χ1n) is 13.3. The predicted molar refractivity (Wildman–Crippen MR) is 150 cm³/mol. The predicted octanol–water partition coefficient (Wildman–Crippen LogP) is 3.31. The van der Waals surface area contributed by atoms with Gasteiger partial charge in [-0.05, 0) is 0 Å². The molecule has 3 heteroatoms. The van der Waals surface area contributed by atoms with Crippen LogP contribution in [-0.4, -0.2) is 3.81 Å². The van der Waals surface area contributed by atoms with E-state index in [0.29, 0.717) is 4.22 Å². The number of benzene rings is 4. The summed E-state index contributed by atoms with van der Waals surface area (Å²) >= 11 is -1.70. The number of fused-ring (bicyclic) bond motifs is 3. The monoisotopic (exact) mass is 568 g/mol. The Hall–Kier alpha value is -2.48. The van der Waals surface area contributed by atoms with Crippen molar-refractivity contribution >= 4 is 3.81 Å². The molecule has 0 aromatic heterocycles. The molecule has 0 saturated heterocycles. The molecule has 1 fully saturated rings. The first-order chi connectivity index (χ1) is 17.9. The van der Waals surface area contributed by atoms with Gasteiger partial charge in [0.15, 0.2) is 0 Å². The van der Waals surface area contributed by atoms with Gasteiger partial charge in [-0.25, -0.2) is 0 Å². The maximum absolute atomic E-state index is 2.48. The average molecular weight is 569 g/mol. The van der Waals surface area contributed by atoms with Crippen molar-refractivity contribution in [1.29, 1.82) is 0 Å². The van der Waals surface area contributed by atoms with E-state index in [1.165, 1.54) is 65.5 Å². The fourth-order valence-electron chi connectivity index (χ4n) is 6.52. The third-order valence-corrected chi connectivity index (χ3v) is 13.7. The van der Waals surface area contributed by atoms with E-state index in [-0.39, 0.29) is 24.8 Å². The molecule has 188 valence electrons. The summed E-state index contributed by atoms with van der Waals surface area (Å²) in [6.45, 7) is 0. The van der Waals surface area contributed by atoms with E-state index in [9.17, 15) is 0 Å². The molecule has 0 heterocycles. The second-order valence-electron chi connectivity index (χ2n) is 10.3. The Morgan fingerprint density at radius 3 is 1.58 bits per heavy atom. The van der Waals surface area contributed by atoms with Crippen LogP contribution in [0.15, 0.2) is 119 Å². The summed E-state index contributed by atoms with van der Waals surface area (Å²) in [6.07, 6.45) is 13.8. The van der Waals surface area contributed by atoms with Crippen molar-refractivity contribution in [2.75, 3.05) is 0 Å². The third-order valence-electron chi connectivity index (χ3n) is 8.23. The second-order valence-corrected chi connectivity index (χ2v) is 14.6. The van der Waals surface area contributed by atoms with Gasteiger partial charge < -0.3 is 24.8 Å². The van der Waals surface area contributed by atoms with Crippen LogP contribution in [0.5, 0.6) is 0 Å². The van der Waals surface area contributed by atoms with E-state index in [4.69, 9.17) is 0 Å². The molecule has 3 aliphatic carbocycles. The van der Waals surface area contributed by atoms with Crippen LogP contribution in [0.4, 0.5) is 0 Å². The maximum atomic E-state index is 2.48. The van der Waals surface area contributed by atoms with Crippen molar-refractivity contribution < 1.29 is 42.2 Å². The van der Waals surface area contributed by atoms with E-state index in [1.54, 1.807) is 15.0 Å². The van der Waals surface area contributed by atoms with E-state index in [0.717, 1.165) is 0 Å². The molecule has 7 rings (SSSR count). The van der Waals surface area contributed by atoms with Crippen LogP contribution in [0.3, 0.4) is 0 Å². The maximum Gasteiger partial charge on any atom is -1.00 e. The van der Waals surface area contributed by atoms with E-state index >= 15 is 0 Å². The van der Waals surface area contributed by atoms with Crippen LogP contribution >= 0.6 is 0 Å². The molecule has 4 aromatic rings. The smallest absolute Gasteiger partial charge is 1.00 e. The zero-order valence-corrected chi connectivity index (χ0v) is 24.4. The number of hydrogen-bond donors (Lipinski definition) is 0. The van der Waals surface area contributed by atoms with Gasteiger partial charge in [-0.2, -0.15) is 0 Å². The topological polar surface area (TPSA) is 0 Å². The minimum Gasteiger partial charge on any atom is -1.00 e. The van der Waals surface area contributed by atoms with Crippen LogP contribution in [-0.2, 0) is 17.4 Å². The fourth-order valence-corrected chi connectivity index (χ4v) is 12.6. The molecule has 1 saturated carbocycles. The molecule has 0 radical (unpaired) electrons. The third kappa shape index (κ3) is 4.85. The van der Waals surface area contributed by atoms with Crippen molar-refractivity contribution in [2.24, 2.45) is 0 Å². The van der Waals surface area contributed by atoms with Crippen LogP contribution in [0.1, 0.15) is 47.5 Å². The quantitative estimate of drug-likeness (QED) is 0.331. The molecule has 4 aromatic carbocycles. The van der Waals surface area contributed by atoms with Gasteiger partial charge in [0.1, 0.15) is 0 Å². The first kappa shape index (κ1) is 27.1. The van der Waals surface area contributed by atoms with E-state index in [1.807, 2.05) is 3.81 Å². The van der Waals surface area contributed by atoms with E-state index < -0.39 is 17.4 Å². The largest absolute Gasteiger partial charge is 1.00 e. The molecule has 0 atom stereocenters. The second kappa shape index (κ2) is 11.7. The van der Waals surface area contributed by atoms with Crippen LogP contribution in [0.25, 0.3) is 33.4 Å². The Morgan fingerprint density at radius 1 is 0.579 bits per heavy atom. The molecular weight excluding hydrogens is 539 g/mol. The number of hydrogen-bond acceptors (Lipinski definition) is 0. The minimum absolute atomic E-state index is 0. The fraction of sp³-hybridized carbons (Fsp3) is 0.171. The van der Waals surface area contributed by atoms with Crippen molar-refractivity contribution in [2.45, 2.75) is 36.3 Å². The summed E-state index contributed by atoms with van der Waals surface area (Å²) in [6, 6.07) is 36.4. The molecule has 3 aliphatic rings. The molecule has 0 amide bonds. The Kier molecular flexibility index (Phi) is 8.36. The van der Waals surface area contributed by atoms with Gasteiger partial charge in [0.2, 0.25) is 0 Å². The van der Waals surface area contributed by atoms with Gasteiger partial charge in [-0.3, -0.25) is 0 Å². The summed E-state index contributed by atoms with van der Waals surface area (Å²) < 4.78 is 4.28. The summed E-state index contributed by atoms with van der Waals surface area (Å²) in [5.74, 6) is 0. The van der Waals surface area contributed by atoms with Crippen LogP contribution in [0, 0.1) is 0 Å².